The molecule has 0 radical (unpaired) electrons. The van der Waals surface area contributed by atoms with Crippen molar-refractivity contribution in [3.05, 3.63) is 65.7 Å². The predicted octanol–water partition coefficient (Wildman–Crippen LogP) is 3.61. The number of hydrogen-bond acceptors (Lipinski definition) is 5. The van der Waals surface area contributed by atoms with E-state index in [1.807, 2.05) is 31.2 Å². The van der Waals surface area contributed by atoms with Gasteiger partial charge in [-0.25, -0.2) is 15.0 Å². The number of nitrogens with one attached hydrogen (secondary N) is 2. The number of hydrogen-bond donors (Lipinski definition) is 3. The average molecular weight is 411 g/mol. The van der Waals surface area contributed by atoms with Gasteiger partial charge in [-0.2, -0.15) is 5.10 Å². The third kappa shape index (κ3) is 6.37. The highest BCUT2D eigenvalue weighted by atomic mass is 16.5. The Balaban J connectivity index is 2.13. The maximum absolute atomic E-state index is 12.1. The second-order valence-electron chi connectivity index (χ2n) is 6.22. The number of anilines is 1. The Bertz CT molecular complexity index is 940. The number of rotatable bonds is 10. The zero-order valence-corrected chi connectivity index (χ0v) is 17.0. The van der Waals surface area contributed by atoms with E-state index >= 15 is 0 Å². The number of nitrogens with zero attached hydrogens (tertiary/aromatic N) is 1. The number of amides is 2. The van der Waals surface area contributed by atoms with Crippen molar-refractivity contribution in [2.75, 3.05) is 19.0 Å². The van der Waals surface area contributed by atoms with Gasteiger partial charge < -0.3 is 19.9 Å². The van der Waals surface area contributed by atoms with Crippen molar-refractivity contribution in [3.63, 3.8) is 0 Å². The van der Waals surface area contributed by atoms with Gasteiger partial charge in [0.25, 0.3) is 0 Å². The molecule has 0 aliphatic rings. The molecule has 0 aliphatic heterocycles. The van der Waals surface area contributed by atoms with Crippen LogP contribution in [0.25, 0.3) is 0 Å². The number of carbonyl (C=O) groups excluding carboxylic acids is 1. The highest BCUT2D eigenvalue weighted by molar-refractivity contribution is 5.91. The van der Waals surface area contributed by atoms with Gasteiger partial charge in [0.15, 0.2) is 18.1 Å². The highest BCUT2D eigenvalue weighted by Crippen LogP contribution is 2.33. The average Bonchev–Trinajstić information content (AvgIpc) is 2.73. The predicted molar refractivity (Wildman–Crippen MR) is 116 cm³/mol. The van der Waals surface area contributed by atoms with E-state index in [2.05, 4.69) is 22.4 Å². The van der Waals surface area contributed by atoms with Crippen LogP contribution < -0.4 is 20.2 Å². The first kappa shape index (κ1) is 22.5. The van der Waals surface area contributed by atoms with Crippen molar-refractivity contribution in [2.45, 2.75) is 19.8 Å². The molecule has 0 bridgehead atoms. The van der Waals surface area contributed by atoms with Crippen molar-refractivity contribution >= 4 is 23.9 Å². The van der Waals surface area contributed by atoms with E-state index < -0.39 is 18.6 Å². The second-order valence-corrected chi connectivity index (χ2v) is 6.22. The van der Waals surface area contributed by atoms with E-state index in [0.29, 0.717) is 29.0 Å². The smallest absolute Gasteiger partial charge is 0.341 e. The molecule has 0 saturated carbocycles. The summed E-state index contributed by atoms with van der Waals surface area (Å²) in [6.45, 7) is 5.22. The molecule has 0 unspecified atom stereocenters. The fraction of sp³-hybridized carbons (Fsp3) is 0.227. The number of aryl methyl sites for hydroxylation is 1. The molecule has 0 aliphatic carbocycles. The second kappa shape index (κ2) is 11.3. The summed E-state index contributed by atoms with van der Waals surface area (Å²) in [7, 11) is 1.46. The topological polar surface area (TPSA) is 109 Å². The number of urea groups is 1. The monoisotopic (exact) mass is 411 g/mol. The van der Waals surface area contributed by atoms with Crippen LogP contribution in [0, 0.1) is 0 Å². The quantitative estimate of drug-likeness (QED) is 0.314. The summed E-state index contributed by atoms with van der Waals surface area (Å²) in [5.41, 5.74) is 5.50. The standard InChI is InChI=1S/C22H25N3O5/c1-4-8-17-11-15(12-19(29-3)21(17)30-14-20(26)27)13-23-25-22(28)24-18-10-7-6-9-16(18)5-2/h4,6-7,9-13H,1,5,8,14H2,2-3H3,(H,26,27)(H2,24,25,28)/b23-13+. The van der Waals surface area contributed by atoms with E-state index in [9.17, 15) is 9.59 Å². The summed E-state index contributed by atoms with van der Waals surface area (Å²) in [6, 6.07) is 10.5. The number of para-hydroxylation sites is 1. The van der Waals surface area contributed by atoms with Crippen molar-refractivity contribution in [3.8, 4) is 11.5 Å². The zero-order valence-electron chi connectivity index (χ0n) is 17.0. The minimum Gasteiger partial charge on any atom is -0.493 e. The minimum absolute atomic E-state index is 0.332. The number of carboxylic acid groups (broad SMARTS) is 1. The van der Waals surface area contributed by atoms with E-state index in [1.54, 1.807) is 18.2 Å². The normalized spacial score (nSPS) is 10.5. The first-order valence-corrected chi connectivity index (χ1v) is 9.32. The molecule has 2 aromatic rings. The molecule has 8 nitrogen and oxygen atoms in total. The first-order chi connectivity index (χ1) is 14.5. The molecule has 158 valence electrons. The molecule has 0 atom stereocenters. The molecule has 8 heteroatoms. The Hall–Kier alpha value is -3.81. The molecule has 3 N–H and O–H groups in total. The van der Waals surface area contributed by atoms with Crippen LogP contribution in [0.1, 0.15) is 23.6 Å². The first-order valence-electron chi connectivity index (χ1n) is 9.32. The maximum Gasteiger partial charge on any atom is 0.341 e. The van der Waals surface area contributed by atoms with Crippen molar-refractivity contribution in [1.82, 2.24) is 5.43 Å². The van der Waals surface area contributed by atoms with Gasteiger partial charge in [0.1, 0.15) is 0 Å². The minimum atomic E-state index is -1.09. The largest absolute Gasteiger partial charge is 0.493 e. The van der Waals surface area contributed by atoms with E-state index in [4.69, 9.17) is 14.6 Å². The number of aliphatic carboxylic acids is 1. The Labute approximate surface area is 175 Å². The summed E-state index contributed by atoms with van der Waals surface area (Å²) in [5, 5.41) is 15.6. The van der Waals surface area contributed by atoms with Crippen LogP contribution in [0.15, 0.2) is 54.2 Å². The van der Waals surface area contributed by atoms with E-state index in [0.717, 1.165) is 17.7 Å². The van der Waals surface area contributed by atoms with Crippen LogP contribution in [0.3, 0.4) is 0 Å². The molecule has 0 aromatic heterocycles. The Morgan fingerprint density at radius 2 is 2.00 bits per heavy atom. The summed E-state index contributed by atoms with van der Waals surface area (Å²) in [4.78, 5) is 22.9. The van der Waals surface area contributed by atoms with Gasteiger partial charge in [0.2, 0.25) is 0 Å². The van der Waals surface area contributed by atoms with Crippen molar-refractivity contribution in [2.24, 2.45) is 5.10 Å². The molecular weight excluding hydrogens is 386 g/mol. The number of hydrazone groups is 1. The van der Waals surface area contributed by atoms with Crippen LogP contribution in [0.5, 0.6) is 11.5 Å². The summed E-state index contributed by atoms with van der Waals surface area (Å²) >= 11 is 0. The number of ether oxygens (including phenoxy) is 2. The molecule has 2 aromatic carbocycles. The van der Waals surface area contributed by atoms with Crippen LogP contribution in [0.4, 0.5) is 10.5 Å². The van der Waals surface area contributed by atoms with Crippen LogP contribution in [-0.4, -0.2) is 37.0 Å². The molecular formula is C22H25N3O5. The Kier molecular flexibility index (Phi) is 8.43. The molecule has 2 amide bonds. The molecule has 0 spiro atoms. The van der Waals surface area contributed by atoms with Crippen molar-refractivity contribution < 1.29 is 24.2 Å². The maximum atomic E-state index is 12.1. The van der Waals surface area contributed by atoms with Crippen LogP contribution in [0.2, 0.25) is 0 Å². The fourth-order valence-corrected chi connectivity index (χ4v) is 2.78. The summed E-state index contributed by atoms with van der Waals surface area (Å²) < 4.78 is 10.7. The Morgan fingerprint density at radius 3 is 2.67 bits per heavy atom. The SMILES string of the molecule is C=CCc1cc(/C=N/NC(=O)Nc2ccccc2CC)cc(OC)c1OCC(=O)O. The molecule has 30 heavy (non-hydrogen) atoms. The fourth-order valence-electron chi connectivity index (χ4n) is 2.78. The summed E-state index contributed by atoms with van der Waals surface area (Å²) in [5.74, 6) is -0.399. The Morgan fingerprint density at radius 1 is 1.23 bits per heavy atom. The van der Waals surface area contributed by atoms with Gasteiger partial charge in [0.05, 0.1) is 13.3 Å². The number of allylic oxidation sites excluding steroid dienone is 1. The zero-order chi connectivity index (χ0) is 21.9. The molecule has 0 heterocycles. The highest BCUT2D eigenvalue weighted by Gasteiger charge is 2.14. The number of carboxylic acids is 1. The number of carbonyl (C=O) groups is 2. The van der Waals surface area contributed by atoms with Gasteiger partial charge in [-0.3, -0.25) is 0 Å². The van der Waals surface area contributed by atoms with Crippen molar-refractivity contribution in [1.29, 1.82) is 0 Å². The van der Waals surface area contributed by atoms with Gasteiger partial charge in [-0.1, -0.05) is 31.2 Å². The molecule has 0 fully saturated rings. The third-order valence-corrected chi connectivity index (χ3v) is 4.10. The van der Waals surface area contributed by atoms with Crippen LogP contribution in [-0.2, 0) is 17.6 Å². The van der Waals surface area contributed by atoms with E-state index in [-0.39, 0.29) is 0 Å². The third-order valence-electron chi connectivity index (χ3n) is 4.10. The van der Waals surface area contributed by atoms with Gasteiger partial charge >= 0.3 is 12.0 Å². The van der Waals surface area contributed by atoms with Gasteiger partial charge in [0, 0.05) is 11.3 Å². The van der Waals surface area contributed by atoms with Crippen LogP contribution >= 0.6 is 0 Å². The molecule has 0 saturated heterocycles. The lowest BCUT2D eigenvalue weighted by molar-refractivity contribution is -0.139. The lowest BCUT2D eigenvalue weighted by atomic mass is 10.1. The van der Waals surface area contributed by atoms with Gasteiger partial charge in [-0.15, -0.1) is 6.58 Å². The van der Waals surface area contributed by atoms with Gasteiger partial charge in [-0.05, 0) is 42.2 Å². The number of methoxy groups -OCH3 is 1. The summed E-state index contributed by atoms with van der Waals surface area (Å²) in [6.07, 6.45) is 4.36. The molecule has 2 rings (SSSR count). The number of benzene rings is 2. The lowest BCUT2D eigenvalue weighted by Crippen LogP contribution is -2.24. The van der Waals surface area contributed by atoms with E-state index in [1.165, 1.54) is 13.3 Å². The lowest BCUT2D eigenvalue weighted by Gasteiger charge is -2.14.